The Balaban J connectivity index is 3.42. The molecule has 0 aromatic heterocycles. The van der Waals surface area contributed by atoms with Gasteiger partial charge in [-0.05, 0) is 32.3 Å². The van der Waals surface area contributed by atoms with Gasteiger partial charge in [0.15, 0.2) is 5.78 Å². The molecule has 0 aromatic carbocycles. The van der Waals surface area contributed by atoms with Crippen molar-refractivity contribution in [1.29, 1.82) is 0 Å². The third kappa shape index (κ3) is 10.9. The minimum atomic E-state index is 0.0931. The zero-order valence-electron chi connectivity index (χ0n) is 8.49. The Labute approximate surface area is 80.8 Å². The number of hydrogen-bond donors (Lipinski definition) is 0. The summed E-state index contributed by atoms with van der Waals surface area (Å²) in [6, 6.07) is 0. The predicted octanol–water partition coefficient (Wildman–Crippen LogP) is 3.43. The summed E-state index contributed by atoms with van der Waals surface area (Å²) in [7, 11) is 0. The summed E-state index contributed by atoms with van der Waals surface area (Å²) in [4.78, 5) is 10.5. The molecule has 0 saturated heterocycles. The van der Waals surface area contributed by atoms with E-state index in [1.54, 1.807) is 19.1 Å². The number of rotatable bonds is 6. The lowest BCUT2D eigenvalue weighted by atomic mass is 10.2. The van der Waals surface area contributed by atoms with Gasteiger partial charge in [0.2, 0.25) is 0 Å². The maximum atomic E-state index is 10.5. The van der Waals surface area contributed by atoms with Gasteiger partial charge in [-0.3, -0.25) is 4.79 Å². The van der Waals surface area contributed by atoms with Gasteiger partial charge in [-0.15, -0.1) is 0 Å². The normalized spacial score (nSPS) is 12.2. The van der Waals surface area contributed by atoms with Gasteiger partial charge in [-0.25, -0.2) is 0 Å². The van der Waals surface area contributed by atoms with Crippen LogP contribution in [0.5, 0.6) is 0 Å². The molecule has 0 unspecified atom stereocenters. The number of unbranched alkanes of at least 4 members (excludes halogenated alkanes) is 1. The highest BCUT2D eigenvalue weighted by Crippen LogP contribution is 1.94. The summed E-state index contributed by atoms with van der Waals surface area (Å²) < 4.78 is 0. The molecule has 0 bridgehead atoms. The first-order valence-corrected chi connectivity index (χ1v) is 4.76. The molecule has 0 rings (SSSR count). The largest absolute Gasteiger partial charge is 0.295 e. The van der Waals surface area contributed by atoms with E-state index in [1.807, 2.05) is 6.08 Å². The molecule has 1 nitrogen and oxygen atoms in total. The van der Waals surface area contributed by atoms with Crippen LogP contribution in [0, 0.1) is 0 Å². The Hall–Kier alpha value is -1.11. The first-order chi connectivity index (χ1) is 6.27. The van der Waals surface area contributed by atoms with E-state index in [4.69, 9.17) is 0 Å². The zero-order chi connectivity index (χ0) is 9.94. The molecule has 0 amide bonds. The minimum absolute atomic E-state index is 0.0931. The maximum absolute atomic E-state index is 10.5. The lowest BCUT2D eigenvalue weighted by Crippen LogP contribution is -1.77. The lowest BCUT2D eigenvalue weighted by Gasteiger charge is -1.84. The molecule has 0 aliphatic carbocycles. The summed E-state index contributed by atoms with van der Waals surface area (Å²) in [5.74, 6) is 0.0931. The molecule has 0 spiro atoms. The molecule has 0 fully saturated rings. The molecule has 1 heteroatoms. The van der Waals surface area contributed by atoms with Crippen LogP contribution in [-0.4, -0.2) is 5.78 Å². The Bertz CT molecular complexity index is 209. The average Bonchev–Trinajstić information content (AvgIpc) is 2.09. The zero-order valence-corrected chi connectivity index (χ0v) is 8.49. The molecular weight excluding hydrogens is 160 g/mol. The van der Waals surface area contributed by atoms with Crippen LogP contribution in [0.25, 0.3) is 0 Å². The van der Waals surface area contributed by atoms with Crippen molar-refractivity contribution in [3.8, 4) is 0 Å². The average molecular weight is 178 g/mol. The summed E-state index contributed by atoms with van der Waals surface area (Å²) >= 11 is 0. The van der Waals surface area contributed by atoms with Crippen molar-refractivity contribution in [2.45, 2.75) is 33.1 Å². The second kappa shape index (κ2) is 8.98. The van der Waals surface area contributed by atoms with E-state index >= 15 is 0 Å². The van der Waals surface area contributed by atoms with Gasteiger partial charge < -0.3 is 0 Å². The molecule has 72 valence electrons. The van der Waals surface area contributed by atoms with Crippen molar-refractivity contribution >= 4 is 5.78 Å². The molecule has 0 aliphatic rings. The molecule has 0 heterocycles. The molecule has 13 heavy (non-hydrogen) atoms. The van der Waals surface area contributed by atoms with Crippen LogP contribution in [0.15, 0.2) is 36.5 Å². The topological polar surface area (TPSA) is 17.1 Å². The van der Waals surface area contributed by atoms with Crippen molar-refractivity contribution in [1.82, 2.24) is 0 Å². The Kier molecular flexibility index (Phi) is 8.21. The second-order valence-electron chi connectivity index (χ2n) is 2.85. The van der Waals surface area contributed by atoms with E-state index in [2.05, 4.69) is 25.2 Å². The molecule has 0 aliphatic heterocycles. The fourth-order valence-electron chi connectivity index (χ4n) is 0.843. The minimum Gasteiger partial charge on any atom is -0.295 e. The molecule has 0 aromatic rings. The van der Waals surface area contributed by atoms with Gasteiger partial charge in [0.25, 0.3) is 0 Å². The van der Waals surface area contributed by atoms with Crippen LogP contribution in [0.2, 0.25) is 0 Å². The van der Waals surface area contributed by atoms with E-state index in [1.165, 1.54) is 0 Å². The number of carbonyl (C=O) groups excluding carboxylic acids is 1. The third-order valence-electron chi connectivity index (χ3n) is 1.48. The predicted molar refractivity (Wildman–Crippen MR) is 57.6 cm³/mol. The van der Waals surface area contributed by atoms with Crippen LogP contribution < -0.4 is 0 Å². The number of hydrogen-bond acceptors (Lipinski definition) is 1. The first-order valence-electron chi connectivity index (χ1n) is 4.76. The SMILES string of the molecule is CC/C=C\CC/C=C/C=C/C(C)=O. The number of allylic oxidation sites excluding steroid dienone is 6. The second-order valence-corrected chi connectivity index (χ2v) is 2.85. The highest BCUT2D eigenvalue weighted by atomic mass is 16.1. The summed E-state index contributed by atoms with van der Waals surface area (Å²) in [6.07, 6.45) is 14.9. The van der Waals surface area contributed by atoms with Gasteiger partial charge in [-0.2, -0.15) is 0 Å². The number of carbonyl (C=O) groups is 1. The Morgan fingerprint density at radius 1 is 1.08 bits per heavy atom. The van der Waals surface area contributed by atoms with Crippen molar-refractivity contribution in [3.05, 3.63) is 36.5 Å². The van der Waals surface area contributed by atoms with E-state index in [9.17, 15) is 4.79 Å². The van der Waals surface area contributed by atoms with Crippen LogP contribution >= 0.6 is 0 Å². The quantitative estimate of drug-likeness (QED) is 0.263. The Morgan fingerprint density at radius 3 is 2.38 bits per heavy atom. The Morgan fingerprint density at radius 2 is 1.77 bits per heavy atom. The summed E-state index contributed by atoms with van der Waals surface area (Å²) in [5, 5.41) is 0. The number of ketones is 1. The van der Waals surface area contributed by atoms with E-state index < -0.39 is 0 Å². The highest BCUT2D eigenvalue weighted by Gasteiger charge is 1.77. The highest BCUT2D eigenvalue weighted by molar-refractivity contribution is 5.87. The third-order valence-corrected chi connectivity index (χ3v) is 1.48. The summed E-state index contributed by atoms with van der Waals surface area (Å²) in [5.41, 5.74) is 0. The lowest BCUT2D eigenvalue weighted by molar-refractivity contribution is -0.112. The van der Waals surface area contributed by atoms with Gasteiger partial charge in [0.05, 0.1) is 0 Å². The molecule has 0 atom stereocenters. The summed E-state index contributed by atoms with van der Waals surface area (Å²) in [6.45, 7) is 3.68. The van der Waals surface area contributed by atoms with Crippen LogP contribution in [0.1, 0.15) is 33.1 Å². The fraction of sp³-hybridized carbons (Fsp3) is 0.417. The van der Waals surface area contributed by atoms with Crippen LogP contribution in [0.4, 0.5) is 0 Å². The first kappa shape index (κ1) is 11.9. The molecular formula is C12H18O. The van der Waals surface area contributed by atoms with E-state index in [0.29, 0.717) is 0 Å². The van der Waals surface area contributed by atoms with Crippen LogP contribution in [-0.2, 0) is 4.79 Å². The van der Waals surface area contributed by atoms with Gasteiger partial charge in [0, 0.05) is 0 Å². The molecule has 0 saturated carbocycles. The molecule has 0 radical (unpaired) electrons. The molecule has 0 N–H and O–H groups in total. The monoisotopic (exact) mass is 178 g/mol. The van der Waals surface area contributed by atoms with Crippen molar-refractivity contribution < 1.29 is 4.79 Å². The van der Waals surface area contributed by atoms with Gasteiger partial charge in [0.1, 0.15) is 0 Å². The van der Waals surface area contributed by atoms with E-state index in [0.717, 1.165) is 19.3 Å². The maximum Gasteiger partial charge on any atom is 0.152 e. The van der Waals surface area contributed by atoms with Crippen molar-refractivity contribution in [3.63, 3.8) is 0 Å². The van der Waals surface area contributed by atoms with Crippen LogP contribution in [0.3, 0.4) is 0 Å². The van der Waals surface area contributed by atoms with E-state index in [-0.39, 0.29) is 5.78 Å². The smallest absolute Gasteiger partial charge is 0.152 e. The fourth-order valence-corrected chi connectivity index (χ4v) is 0.843. The van der Waals surface area contributed by atoms with Gasteiger partial charge in [-0.1, -0.05) is 37.3 Å². The standard InChI is InChI=1S/C12H18O/c1-3-4-5-6-7-8-9-10-11-12(2)13/h4-5,8-11H,3,6-7H2,1-2H3/b5-4-,9-8+,11-10+. The van der Waals surface area contributed by atoms with Crippen molar-refractivity contribution in [2.75, 3.05) is 0 Å². The van der Waals surface area contributed by atoms with Gasteiger partial charge >= 0.3 is 0 Å². The van der Waals surface area contributed by atoms with Crippen molar-refractivity contribution in [2.24, 2.45) is 0 Å².